The van der Waals surface area contributed by atoms with Crippen LogP contribution in [0.5, 0.6) is 0 Å². The third-order valence-electron chi connectivity index (χ3n) is 4.96. The van der Waals surface area contributed by atoms with E-state index >= 15 is 0 Å². The van der Waals surface area contributed by atoms with Gasteiger partial charge in [-0.05, 0) is 25.8 Å². The molecule has 3 rings (SSSR count). The molecule has 1 aliphatic heterocycles. The summed E-state index contributed by atoms with van der Waals surface area (Å²) in [5.74, 6) is 0.853. The van der Waals surface area contributed by atoms with Crippen molar-refractivity contribution in [2.24, 2.45) is 0 Å². The fourth-order valence-electron chi connectivity index (χ4n) is 3.52. The number of β-amino-alcohol motifs (C(OH)–C–C–N with tert-alkyl or cyclic N) is 1. The number of aliphatic hydroxyl groups excluding tert-OH is 1. The summed E-state index contributed by atoms with van der Waals surface area (Å²) < 4.78 is 5.16. The van der Waals surface area contributed by atoms with E-state index in [1.54, 1.807) is 4.90 Å². The molecule has 1 N–H and O–H groups in total. The van der Waals surface area contributed by atoms with E-state index in [9.17, 15) is 9.90 Å². The minimum Gasteiger partial charge on any atom is -0.390 e. The summed E-state index contributed by atoms with van der Waals surface area (Å²) in [6.07, 6.45) is 0.512. The van der Waals surface area contributed by atoms with E-state index in [2.05, 4.69) is 22.2 Å². The normalized spacial score (nSPS) is 18.7. The molecule has 6 nitrogen and oxygen atoms in total. The quantitative estimate of drug-likeness (QED) is 0.885. The molecule has 1 aromatic carbocycles. The molecule has 0 bridgehead atoms. The predicted molar refractivity (Wildman–Crippen MR) is 98.6 cm³/mol. The second kappa shape index (κ2) is 8.47. The predicted octanol–water partition coefficient (Wildman–Crippen LogP) is 1.93. The van der Waals surface area contributed by atoms with Crippen molar-refractivity contribution in [3.05, 3.63) is 52.9 Å². The summed E-state index contributed by atoms with van der Waals surface area (Å²) in [6.45, 7) is 6.95. The Morgan fingerprint density at radius 2 is 2.00 bits per heavy atom. The summed E-state index contributed by atoms with van der Waals surface area (Å²) in [5.41, 5.74) is 3.08. The molecule has 0 aliphatic carbocycles. The molecular formula is C20H27N3O3. The average molecular weight is 357 g/mol. The molecule has 2 aromatic rings. The number of benzene rings is 1. The zero-order valence-electron chi connectivity index (χ0n) is 15.5. The van der Waals surface area contributed by atoms with Crippen LogP contribution in [0.25, 0.3) is 0 Å². The third kappa shape index (κ3) is 4.71. The van der Waals surface area contributed by atoms with E-state index in [1.165, 1.54) is 5.56 Å². The van der Waals surface area contributed by atoms with Gasteiger partial charge in [-0.25, -0.2) is 0 Å². The topological polar surface area (TPSA) is 69.8 Å². The minimum atomic E-state index is -0.524. The molecule has 140 valence electrons. The monoisotopic (exact) mass is 357 g/mol. The van der Waals surface area contributed by atoms with Crippen LogP contribution < -0.4 is 0 Å². The number of carbonyl (C=O) groups is 1. The van der Waals surface area contributed by atoms with Gasteiger partial charge in [0.2, 0.25) is 5.91 Å². The smallest absolute Gasteiger partial charge is 0.223 e. The zero-order valence-corrected chi connectivity index (χ0v) is 15.5. The maximum Gasteiger partial charge on any atom is 0.223 e. The molecule has 0 saturated carbocycles. The molecule has 0 spiro atoms. The number of rotatable bonds is 5. The van der Waals surface area contributed by atoms with Crippen LogP contribution in [0.1, 0.15) is 29.0 Å². The molecule has 1 saturated heterocycles. The van der Waals surface area contributed by atoms with Gasteiger partial charge in [-0.1, -0.05) is 35.5 Å². The molecule has 1 amide bonds. The molecule has 26 heavy (non-hydrogen) atoms. The lowest BCUT2D eigenvalue weighted by molar-refractivity contribution is -0.132. The molecule has 1 fully saturated rings. The van der Waals surface area contributed by atoms with Gasteiger partial charge in [0.25, 0.3) is 0 Å². The number of aryl methyl sites for hydroxylation is 2. The van der Waals surface area contributed by atoms with Crippen molar-refractivity contribution in [3.8, 4) is 0 Å². The molecule has 1 aromatic heterocycles. The lowest BCUT2D eigenvalue weighted by Gasteiger charge is -2.22. The Hall–Kier alpha value is -2.18. The van der Waals surface area contributed by atoms with E-state index in [0.717, 1.165) is 30.1 Å². The highest BCUT2D eigenvalue weighted by Crippen LogP contribution is 2.16. The highest BCUT2D eigenvalue weighted by molar-refractivity contribution is 5.76. The average Bonchev–Trinajstić information content (AvgIpc) is 2.83. The summed E-state index contributed by atoms with van der Waals surface area (Å²) in [5, 5.41) is 14.3. The Bertz CT molecular complexity index is 710. The molecular weight excluding hydrogens is 330 g/mol. The fraction of sp³-hybridized carbons (Fsp3) is 0.500. The van der Waals surface area contributed by atoms with Crippen molar-refractivity contribution < 1.29 is 14.4 Å². The van der Waals surface area contributed by atoms with Gasteiger partial charge in [0, 0.05) is 44.7 Å². The lowest BCUT2D eigenvalue weighted by Crippen LogP contribution is -2.37. The highest BCUT2D eigenvalue weighted by Gasteiger charge is 2.24. The highest BCUT2D eigenvalue weighted by atomic mass is 16.5. The minimum absolute atomic E-state index is 0.0746. The van der Waals surface area contributed by atoms with Gasteiger partial charge in [-0.15, -0.1) is 0 Å². The van der Waals surface area contributed by atoms with Gasteiger partial charge >= 0.3 is 0 Å². The Morgan fingerprint density at radius 1 is 1.23 bits per heavy atom. The van der Waals surface area contributed by atoms with Crippen LogP contribution in [0.4, 0.5) is 0 Å². The Balaban J connectivity index is 1.55. The number of aliphatic hydroxyl groups is 1. The maximum absolute atomic E-state index is 12.6. The van der Waals surface area contributed by atoms with Crippen molar-refractivity contribution in [2.45, 2.75) is 39.3 Å². The number of aromatic nitrogens is 1. The standard InChI is InChI=1S/C20H27N3O3/c1-15-19(16(2)26-21-15)8-9-20(25)23-11-10-22(13-18(24)14-23)12-17-6-4-3-5-7-17/h3-7,18,24H,8-14H2,1-2H3. The number of hydrogen-bond acceptors (Lipinski definition) is 5. The van der Waals surface area contributed by atoms with E-state index in [1.807, 2.05) is 32.0 Å². The van der Waals surface area contributed by atoms with Crippen LogP contribution in [0.3, 0.4) is 0 Å². The second-order valence-electron chi connectivity index (χ2n) is 7.02. The molecule has 1 atom stereocenters. The Kier molecular flexibility index (Phi) is 6.06. The van der Waals surface area contributed by atoms with Gasteiger partial charge in [0.15, 0.2) is 0 Å². The first-order valence-corrected chi connectivity index (χ1v) is 9.17. The van der Waals surface area contributed by atoms with Gasteiger partial charge < -0.3 is 14.5 Å². The SMILES string of the molecule is Cc1noc(C)c1CCC(=O)N1CCN(Cc2ccccc2)CC(O)C1. The van der Waals surface area contributed by atoms with Gasteiger partial charge in [-0.2, -0.15) is 0 Å². The van der Waals surface area contributed by atoms with Crippen molar-refractivity contribution >= 4 is 5.91 Å². The fourth-order valence-corrected chi connectivity index (χ4v) is 3.52. The first-order chi connectivity index (χ1) is 12.5. The van der Waals surface area contributed by atoms with Crippen molar-refractivity contribution in [1.82, 2.24) is 15.0 Å². The van der Waals surface area contributed by atoms with Crippen LogP contribution in [0, 0.1) is 13.8 Å². The maximum atomic E-state index is 12.6. The van der Waals surface area contributed by atoms with Crippen LogP contribution in [0.15, 0.2) is 34.9 Å². The molecule has 0 radical (unpaired) electrons. The van der Waals surface area contributed by atoms with Gasteiger partial charge in [0.1, 0.15) is 5.76 Å². The van der Waals surface area contributed by atoms with Gasteiger partial charge in [0.05, 0.1) is 11.8 Å². The molecule has 2 heterocycles. The second-order valence-corrected chi connectivity index (χ2v) is 7.02. The molecule has 1 unspecified atom stereocenters. The van der Waals surface area contributed by atoms with Crippen molar-refractivity contribution in [3.63, 3.8) is 0 Å². The van der Waals surface area contributed by atoms with Crippen LogP contribution in [-0.2, 0) is 17.8 Å². The first-order valence-electron chi connectivity index (χ1n) is 9.17. The summed E-state index contributed by atoms with van der Waals surface area (Å²) in [7, 11) is 0. The number of carbonyl (C=O) groups excluding carboxylic acids is 1. The summed E-state index contributed by atoms with van der Waals surface area (Å²) in [4.78, 5) is 16.6. The van der Waals surface area contributed by atoms with E-state index in [-0.39, 0.29) is 5.91 Å². The third-order valence-corrected chi connectivity index (χ3v) is 4.96. The molecule has 6 heteroatoms. The van der Waals surface area contributed by atoms with Crippen LogP contribution >= 0.6 is 0 Å². The number of amides is 1. The van der Waals surface area contributed by atoms with E-state index < -0.39 is 6.10 Å². The first kappa shape index (κ1) is 18.6. The summed E-state index contributed by atoms with van der Waals surface area (Å²) in [6, 6.07) is 10.2. The van der Waals surface area contributed by atoms with Gasteiger partial charge in [-0.3, -0.25) is 9.69 Å². The van der Waals surface area contributed by atoms with Crippen LogP contribution in [0.2, 0.25) is 0 Å². The van der Waals surface area contributed by atoms with Crippen molar-refractivity contribution in [1.29, 1.82) is 0 Å². The lowest BCUT2D eigenvalue weighted by atomic mass is 10.1. The number of nitrogens with zero attached hydrogens (tertiary/aromatic N) is 3. The largest absolute Gasteiger partial charge is 0.390 e. The zero-order chi connectivity index (χ0) is 18.5. The van der Waals surface area contributed by atoms with Crippen molar-refractivity contribution in [2.75, 3.05) is 26.2 Å². The Morgan fingerprint density at radius 3 is 2.69 bits per heavy atom. The summed E-state index contributed by atoms with van der Waals surface area (Å²) >= 11 is 0. The van der Waals surface area contributed by atoms with Crippen LogP contribution in [-0.4, -0.2) is 58.3 Å². The molecule has 1 aliphatic rings. The van der Waals surface area contributed by atoms with E-state index in [0.29, 0.717) is 32.5 Å². The van der Waals surface area contributed by atoms with E-state index in [4.69, 9.17) is 4.52 Å². The Labute approximate surface area is 154 Å². The number of hydrogen-bond donors (Lipinski definition) is 1.